The SMILES string of the molecule is CC(C)CCOCC=O. The van der Waals surface area contributed by atoms with E-state index in [1.54, 1.807) is 0 Å². The first-order valence-corrected chi connectivity index (χ1v) is 3.28. The monoisotopic (exact) mass is 130 g/mol. The Balaban J connectivity index is 2.82. The maximum Gasteiger partial charge on any atom is 0.145 e. The molecule has 0 rings (SSSR count). The first kappa shape index (κ1) is 8.63. The van der Waals surface area contributed by atoms with E-state index in [9.17, 15) is 4.79 Å². The smallest absolute Gasteiger partial charge is 0.145 e. The molecule has 0 amide bonds. The Morgan fingerprint density at radius 1 is 1.56 bits per heavy atom. The third-order valence-electron chi connectivity index (χ3n) is 1.03. The highest BCUT2D eigenvalue weighted by molar-refractivity contribution is 5.50. The van der Waals surface area contributed by atoms with Gasteiger partial charge in [-0.1, -0.05) is 13.8 Å². The van der Waals surface area contributed by atoms with E-state index in [1.165, 1.54) is 0 Å². The lowest BCUT2D eigenvalue weighted by Crippen LogP contribution is -2.00. The molecule has 0 atom stereocenters. The van der Waals surface area contributed by atoms with Gasteiger partial charge >= 0.3 is 0 Å². The molecule has 0 saturated carbocycles. The summed E-state index contributed by atoms with van der Waals surface area (Å²) in [7, 11) is 0. The summed E-state index contributed by atoms with van der Waals surface area (Å²) in [5, 5.41) is 0. The Morgan fingerprint density at radius 2 is 2.22 bits per heavy atom. The summed E-state index contributed by atoms with van der Waals surface area (Å²) < 4.78 is 4.93. The summed E-state index contributed by atoms with van der Waals surface area (Å²) in [5.41, 5.74) is 0. The second kappa shape index (κ2) is 5.76. The van der Waals surface area contributed by atoms with Crippen LogP contribution in [0.25, 0.3) is 0 Å². The van der Waals surface area contributed by atoms with E-state index in [-0.39, 0.29) is 6.61 Å². The second-order valence-corrected chi connectivity index (χ2v) is 2.42. The Kier molecular flexibility index (Phi) is 5.52. The van der Waals surface area contributed by atoms with Gasteiger partial charge in [0, 0.05) is 6.61 Å². The molecule has 0 aliphatic heterocycles. The van der Waals surface area contributed by atoms with Gasteiger partial charge in [0.2, 0.25) is 0 Å². The summed E-state index contributed by atoms with van der Waals surface area (Å²) >= 11 is 0. The molecule has 0 spiro atoms. The predicted molar refractivity (Wildman–Crippen MR) is 36.3 cm³/mol. The maximum absolute atomic E-state index is 9.72. The number of rotatable bonds is 5. The number of ether oxygens (including phenoxy) is 1. The molecule has 0 aromatic heterocycles. The zero-order valence-corrected chi connectivity index (χ0v) is 6.09. The topological polar surface area (TPSA) is 26.3 Å². The van der Waals surface area contributed by atoms with E-state index >= 15 is 0 Å². The van der Waals surface area contributed by atoms with Crippen molar-refractivity contribution in [1.29, 1.82) is 0 Å². The number of carbonyl (C=O) groups excluding carboxylic acids is 1. The molecule has 0 bridgehead atoms. The zero-order chi connectivity index (χ0) is 7.11. The fourth-order valence-electron chi connectivity index (χ4n) is 0.450. The van der Waals surface area contributed by atoms with Gasteiger partial charge in [-0.15, -0.1) is 0 Å². The van der Waals surface area contributed by atoms with Crippen LogP contribution < -0.4 is 0 Å². The largest absolute Gasteiger partial charge is 0.374 e. The molecule has 0 N–H and O–H groups in total. The minimum atomic E-state index is 0.243. The van der Waals surface area contributed by atoms with Crippen LogP contribution in [0.15, 0.2) is 0 Å². The molecule has 0 aromatic rings. The molecule has 2 heteroatoms. The molecule has 54 valence electrons. The Bertz CT molecular complexity index is 69.3. The van der Waals surface area contributed by atoms with E-state index in [2.05, 4.69) is 13.8 Å². The van der Waals surface area contributed by atoms with Gasteiger partial charge in [-0.3, -0.25) is 0 Å². The molecule has 0 heterocycles. The van der Waals surface area contributed by atoms with E-state index in [4.69, 9.17) is 4.74 Å². The fourth-order valence-corrected chi connectivity index (χ4v) is 0.450. The third kappa shape index (κ3) is 7.63. The second-order valence-electron chi connectivity index (χ2n) is 2.42. The van der Waals surface area contributed by atoms with Crippen molar-refractivity contribution in [3.05, 3.63) is 0 Å². The molecular formula is C7H14O2. The van der Waals surface area contributed by atoms with Crippen molar-refractivity contribution in [1.82, 2.24) is 0 Å². The Morgan fingerprint density at radius 3 is 2.67 bits per heavy atom. The van der Waals surface area contributed by atoms with Crippen molar-refractivity contribution in [3.8, 4) is 0 Å². The molecule has 0 aliphatic carbocycles. The molecule has 0 fully saturated rings. The van der Waals surface area contributed by atoms with Gasteiger partial charge in [-0.2, -0.15) is 0 Å². The molecule has 0 aromatic carbocycles. The molecule has 0 unspecified atom stereocenters. The first-order valence-electron chi connectivity index (χ1n) is 3.28. The van der Waals surface area contributed by atoms with E-state index in [0.717, 1.165) is 12.7 Å². The molecule has 0 aliphatic rings. The van der Waals surface area contributed by atoms with Crippen molar-refractivity contribution in [3.63, 3.8) is 0 Å². The number of hydrogen-bond donors (Lipinski definition) is 0. The Hall–Kier alpha value is -0.370. The van der Waals surface area contributed by atoms with Crippen LogP contribution in [0.2, 0.25) is 0 Å². The van der Waals surface area contributed by atoms with Gasteiger partial charge in [-0.25, -0.2) is 0 Å². The van der Waals surface area contributed by atoms with Crippen LogP contribution >= 0.6 is 0 Å². The van der Waals surface area contributed by atoms with Crippen molar-refractivity contribution in [2.75, 3.05) is 13.2 Å². The lowest BCUT2D eigenvalue weighted by atomic mass is 10.1. The van der Waals surface area contributed by atoms with E-state index in [1.807, 2.05) is 0 Å². The van der Waals surface area contributed by atoms with E-state index < -0.39 is 0 Å². The summed E-state index contributed by atoms with van der Waals surface area (Å²) in [5.74, 6) is 0.664. The van der Waals surface area contributed by atoms with Crippen molar-refractivity contribution < 1.29 is 9.53 Å². The van der Waals surface area contributed by atoms with Crippen molar-refractivity contribution >= 4 is 6.29 Å². The van der Waals surface area contributed by atoms with Gasteiger partial charge < -0.3 is 9.53 Å². The summed E-state index contributed by atoms with van der Waals surface area (Å²) in [4.78, 5) is 9.72. The summed E-state index contributed by atoms with van der Waals surface area (Å²) in [6.07, 6.45) is 1.81. The lowest BCUT2D eigenvalue weighted by Gasteiger charge is -2.01. The van der Waals surface area contributed by atoms with Gasteiger partial charge in [-0.05, 0) is 12.3 Å². The van der Waals surface area contributed by atoms with Crippen LogP contribution in [0.4, 0.5) is 0 Å². The lowest BCUT2D eigenvalue weighted by molar-refractivity contribution is -0.111. The molecular weight excluding hydrogens is 116 g/mol. The highest BCUT2D eigenvalue weighted by Crippen LogP contribution is 1.97. The minimum absolute atomic E-state index is 0.243. The standard InChI is InChI=1S/C7H14O2/c1-7(2)3-5-9-6-4-8/h4,7H,3,5-6H2,1-2H3. The van der Waals surface area contributed by atoms with Gasteiger partial charge in [0.25, 0.3) is 0 Å². The number of carbonyl (C=O) groups is 1. The number of hydrogen-bond acceptors (Lipinski definition) is 2. The van der Waals surface area contributed by atoms with Crippen LogP contribution in [-0.4, -0.2) is 19.5 Å². The van der Waals surface area contributed by atoms with Crippen LogP contribution in [0, 0.1) is 5.92 Å². The molecule has 0 radical (unpaired) electrons. The quantitative estimate of drug-likeness (QED) is 0.413. The van der Waals surface area contributed by atoms with Crippen LogP contribution in [-0.2, 0) is 9.53 Å². The normalized spacial score (nSPS) is 10.1. The minimum Gasteiger partial charge on any atom is -0.374 e. The Labute approximate surface area is 56.2 Å². The maximum atomic E-state index is 9.72. The van der Waals surface area contributed by atoms with Gasteiger partial charge in [0.1, 0.15) is 12.9 Å². The fraction of sp³-hybridized carbons (Fsp3) is 0.857. The van der Waals surface area contributed by atoms with Gasteiger partial charge in [0.05, 0.1) is 0 Å². The first-order chi connectivity index (χ1) is 4.27. The van der Waals surface area contributed by atoms with Crippen LogP contribution in [0.3, 0.4) is 0 Å². The van der Waals surface area contributed by atoms with E-state index in [0.29, 0.717) is 12.5 Å². The molecule has 2 nitrogen and oxygen atoms in total. The highest BCUT2D eigenvalue weighted by Gasteiger charge is 1.91. The zero-order valence-electron chi connectivity index (χ0n) is 6.09. The predicted octanol–water partition coefficient (Wildman–Crippen LogP) is 1.25. The van der Waals surface area contributed by atoms with Crippen molar-refractivity contribution in [2.45, 2.75) is 20.3 Å². The third-order valence-corrected chi connectivity index (χ3v) is 1.03. The van der Waals surface area contributed by atoms with Gasteiger partial charge in [0.15, 0.2) is 0 Å². The highest BCUT2D eigenvalue weighted by atomic mass is 16.5. The van der Waals surface area contributed by atoms with Crippen molar-refractivity contribution in [2.24, 2.45) is 5.92 Å². The molecule has 0 saturated heterocycles. The average molecular weight is 130 g/mol. The van der Waals surface area contributed by atoms with Crippen LogP contribution in [0.1, 0.15) is 20.3 Å². The number of aldehydes is 1. The molecule has 9 heavy (non-hydrogen) atoms. The van der Waals surface area contributed by atoms with Crippen LogP contribution in [0.5, 0.6) is 0 Å². The summed E-state index contributed by atoms with van der Waals surface area (Å²) in [6, 6.07) is 0. The average Bonchev–Trinajstić information content (AvgIpc) is 1.80. The summed E-state index contributed by atoms with van der Waals surface area (Å²) in [6.45, 7) is 5.21.